The molecule has 99 valence electrons. The van der Waals surface area contributed by atoms with Gasteiger partial charge in [0.05, 0.1) is 0 Å². The molecule has 3 rings (SSSR count). The molecule has 0 atom stereocenters. The van der Waals surface area contributed by atoms with E-state index in [-0.39, 0.29) is 0 Å². The molecule has 0 aliphatic heterocycles. The first-order valence-corrected chi connectivity index (χ1v) is 9.32. The number of carboxylic acids is 1. The van der Waals surface area contributed by atoms with Gasteiger partial charge in [0.15, 0.2) is 0 Å². The fourth-order valence-corrected chi connectivity index (χ4v) is 3.69. The molecule has 1 aromatic heterocycles. The van der Waals surface area contributed by atoms with Gasteiger partial charge in [0.1, 0.15) is 0 Å². The molecule has 1 heterocycles. The summed E-state index contributed by atoms with van der Waals surface area (Å²) in [6.07, 6.45) is 0. The van der Waals surface area contributed by atoms with E-state index >= 15 is 0 Å². The zero-order valence-corrected chi connectivity index (χ0v) is 17.3. The van der Waals surface area contributed by atoms with Crippen LogP contribution in [-0.2, 0) is 37.5 Å². The Morgan fingerprint density at radius 2 is 1.75 bits per heavy atom. The molecule has 0 unspecified atom stereocenters. The number of hydrogen-bond donors (Lipinski definition) is 1. The van der Waals surface area contributed by atoms with Crippen molar-refractivity contribution < 1.29 is 36.0 Å². The van der Waals surface area contributed by atoms with Crippen LogP contribution in [0.1, 0.15) is 13.8 Å². The second kappa shape index (κ2) is 6.40. The van der Waals surface area contributed by atoms with Gasteiger partial charge in [-0.1, -0.05) is 0 Å². The Balaban J connectivity index is 0.000000328. The first-order chi connectivity index (χ1) is 9.54. The summed E-state index contributed by atoms with van der Waals surface area (Å²) in [4.78, 5) is 9.00. The predicted octanol–water partition coefficient (Wildman–Crippen LogP) is 3.08. The van der Waals surface area contributed by atoms with E-state index in [0.29, 0.717) is 26.1 Å². The third-order valence-electron chi connectivity index (χ3n) is 3.15. The molecule has 4 heteroatoms. The van der Waals surface area contributed by atoms with Crippen LogP contribution in [0, 0.1) is 0 Å². The van der Waals surface area contributed by atoms with Crippen molar-refractivity contribution in [2.24, 2.45) is 0 Å². The van der Waals surface area contributed by atoms with Crippen LogP contribution in [0.25, 0.3) is 21.8 Å². The molecule has 3 aromatic rings. The minimum atomic E-state index is -0.833. The SMILES string of the molecule is CC(=O)O.CCn1c2ccccc2c2c[c]([Hg])ccc21. The quantitative estimate of drug-likeness (QED) is 0.574. The first-order valence-electron chi connectivity index (χ1n) is 6.57. The van der Waals surface area contributed by atoms with E-state index < -0.39 is 5.97 Å². The number of rotatable bonds is 1. The molecule has 2 aromatic carbocycles. The molecule has 0 saturated carbocycles. The monoisotopic (exact) mass is 456 g/mol. The summed E-state index contributed by atoms with van der Waals surface area (Å²) in [5.41, 5.74) is 2.73. The Kier molecular flexibility index (Phi) is 4.81. The van der Waals surface area contributed by atoms with E-state index in [1.165, 1.54) is 24.9 Å². The number of aromatic nitrogens is 1. The second-order valence-electron chi connectivity index (χ2n) is 4.63. The van der Waals surface area contributed by atoms with Gasteiger partial charge in [-0.25, -0.2) is 0 Å². The molecule has 3 nitrogen and oxygen atoms in total. The minimum absolute atomic E-state index is 0.709. The molecule has 0 saturated heterocycles. The van der Waals surface area contributed by atoms with E-state index in [1.54, 1.807) is 0 Å². The fourth-order valence-electron chi connectivity index (χ4n) is 2.44. The van der Waals surface area contributed by atoms with E-state index in [0.717, 1.165) is 13.5 Å². The van der Waals surface area contributed by atoms with Crippen LogP contribution in [0.2, 0.25) is 0 Å². The van der Waals surface area contributed by atoms with Crippen molar-refractivity contribution in [3.63, 3.8) is 0 Å². The Morgan fingerprint density at radius 3 is 2.40 bits per heavy atom. The van der Waals surface area contributed by atoms with Crippen molar-refractivity contribution in [1.29, 1.82) is 0 Å². The predicted molar refractivity (Wildman–Crippen MR) is 78.1 cm³/mol. The number of aryl methyl sites for hydroxylation is 1. The number of benzene rings is 2. The van der Waals surface area contributed by atoms with Crippen LogP contribution in [-0.4, -0.2) is 15.6 Å². The standard InChI is InChI=1S/C14H12N.C2H4O2.Hg/c1-2-15-13-9-5-3-7-11(13)12-8-4-6-10-14(12)15;1-2(3)4;/h3,5-10H,2H2,1H3;1H3,(H,3,4);. The molecule has 1 N–H and O–H groups in total. The maximum atomic E-state index is 9.00. The molecular formula is C16H16HgNO2. The number of para-hydroxylation sites is 1. The number of aliphatic carboxylic acids is 1. The average molecular weight is 455 g/mol. The summed E-state index contributed by atoms with van der Waals surface area (Å²) >= 11 is 0.709. The van der Waals surface area contributed by atoms with Crippen LogP contribution in [0.3, 0.4) is 0 Å². The molecular weight excluding hydrogens is 439 g/mol. The van der Waals surface area contributed by atoms with Crippen molar-refractivity contribution >= 4 is 30.8 Å². The zero-order valence-electron chi connectivity index (χ0n) is 11.8. The normalized spacial score (nSPS) is 10.4. The van der Waals surface area contributed by atoms with Crippen LogP contribution < -0.4 is 3.07 Å². The summed E-state index contributed by atoms with van der Waals surface area (Å²) in [5.74, 6) is -0.833. The number of carbonyl (C=O) groups is 1. The van der Waals surface area contributed by atoms with Gasteiger partial charge in [-0.3, -0.25) is 4.79 Å². The van der Waals surface area contributed by atoms with Gasteiger partial charge < -0.3 is 5.11 Å². The van der Waals surface area contributed by atoms with Gasteiger partial charge in [-0.2, -0.15) is 0 Å². The maximum absolute atomic E-state index is 9.00. The van der Waals surface area contributed by atoms with Crippen molar-refractivity contribution in [2.75, 3.05) is 0 Å². The number of hydrogen-bond acceptors (Lipinski definition) is 1. The van der Waals surface area contributed by atoms with E-state index in [1.807, 2.05) is 0 Å². The number of fused-ring (bicyclic) bond motifs is 3. The number of nitrogens with zero attached hydrogens (tertiary/aromatic N) is 1. The Bertz CT molecular complexity index is 758. The van der Waals surface area contributed by atoms with E-state index in [4.69, 9.17) is 9.90 Å². The molecule has 20 heavy (non-hydrogen) atoms. The Morgan fingerprint density at radius 1 is 1.15 bits per heavy atom. The molecule has 0 aliphatic rings. The molecule has 0 fully saturated rings. The molecule has 0 amide bonds. The van der Waals surface area contributed by atoms with Gasteiger partial charge in [-0.15, -0.1) is 0 Å². The van der Waals surface area contributed by atoms with Crippen LogP contribution in [0.5, 0.6) is 0 Å². The summed E-state index contributed by atoms with van der Waals surface area (Å²) < 4.78 is 3.92. The molecule has 0 bridgehead atoms. The fraction of sp³-hybridized carbons (Fsp3) is 0.188. The molecule has 0 aliphatic carbocycles. The van der Waals surface area contributed by atoms with Gasteiger partial charge in [0, 0.05) is 6.92 Å². The summed E-state index contributed by atoms with van der Waals surface area (Å²) in [6.45, 7) is 4.33. The third-order valence-corrected chi connectivity index (χ3v) is 4.86. The Labute approximate surface area is 134 Å². The third kappa shape index (κ3) is 3.03. The second-order valence-corrected chi connectivity index (χ2v) is 7.81. The van der Waals surface area contributed by atoms with Crippen molar-refractivity contribution in [3.05, 3.63) is 42.5 Å². The van der Waals surface area contributed by atoms with Crippen molar-refractivity contribution in [3.8, 4) is 0 Å². The summed E-state index contributed by atoms with van der Waals surface area (Å²) in [5, 5.41) is 10.2. The summed E-state index contributed by atoms with van der Waals surface area (Å²) in [6, 6.07) is 15.6. The molecule has 0 spiro atoms. The van der Waals surface area contributed by atoms with Crippen LogP contribution in [0.15, 0.2) is 42.5 Å². The van der Waals surface area contributed by atoms with Crippen LogP contribution >= 0.6 is 0 Å². The van der Waals surface area contributed by atoms with Gasteiger partial charge in [0.2, 0.25) is 0 Å². The van der Waals surface area contributed by atoms with E-state index in [2.05, 4.69) is 54.0 Å². The van der Waals surface area contributed by atoms with Crippen molar-refractivity contribution in [2.45, 2.75) is 20.4 Å². The van der Waals surface area contributed by atoms with Gasteiger partial charge >= 0.3 is 111 Å². The average Bonchev–Trinajstić information content (AvgIpc) is 2.71. The first kappa shape index (κ1) is 15.0. The van der Waals surface area contributed by atoms with Crippen LogP contribution in [0.4, 0.5) is 0 Å². The van der Waals surface area contributed by atoms with Gasteiger partial charge in [-0.05, 0) is 0 Å². The summed E-state index contributed by atoms with van der Waals surface area (Å²) in [7, 11) is 0. The zero-order chi connectivity index (χ0) is 14.7. The Hall–Kier alpha value is -1.35. The van der Waals surface area contributed by atoms with Crippen molar-refractivity contribution in [1.82, 2.24) is 4.57 Å². The molecule has 0 radical (unpaired) electrons. The van der Waals surface area contributed by atoms with E-state index in [9.17, 15) is 0 Å². The van der Waals surface area contributed by atoms with Gasteiger partial charge in [0.25, 0.3) is 5.97 Å². The topological polar surface area (TPSA) is 42.2 Å². The number of carboxylic acid groups (broad SMARTS) is 1.